The van der Waals surface area contributed by atoms with Gasteiger partial charge < -0.3 is 5.73 Å². The van der Waals surface area contributed by atoms with Crippen molar-refractivity contribution in [1.82, 2.24) is 9.97 Å². The molecule has 1 aromatic carbocycles. The van der Waals surface area contributed by atoms with Crippen LogP contribution < -0.4 is 5.73 Å². The monoisotopic (exact) mass is 273 g/mol. The molecule has 2 N–H and O–H groups in total. The SMILES string of the molecule is Cc1cc2c(N)nc(-c3cc(F)ccc3C)nc2s1. The lowest BCUT2D eigenvalue weighted by Crippen LogP contribution is -1.97. The van der Waals surface area contributed by atoms with E-state index in [1.807, 2.05) is 19.9 Å². The van der Waals surface area contributed by atoms with Crippen LogP contribution in [0.25, 0.3) is 21.6 Å². The Kier molecular flexibility index (Phi) is 2.71. The summed E-state index contributed by atoms with van der Waals surface area (Å²) in [5, 5.41) is 0.861. The zero-order chi connectivity index (χ0) is 13.6. The van der Waals surface area contributed by atoms with E-state index in [-0.39, 0.29) is 5.82 Å². The summed E-state index contributed by atoms with van der Waals surface area (Å²) in [7, 11) is 0. The van der Waals surface area contributed by atoms with Gasteiger partial charge in [-0.2, -0.15) is 0 Å². The quantitative estimate of drug-likeness (QED) is 0.735. The second kappa shape index (κ2) is 4.28. The zero-order valence-corrected chi connectivity index (χ0v) is 11.4. The van der Waals surface area contributed by atoms with E-state index in [9.17, 15) is 4.39 Å². The van der Waals surface area contributed by atoms with Gasteiger partial charge in [0, 0.05) is 10.4 Å². The maximum atomic E-state index is 13.4. The molecule has 3 rings (SSSR count). The first kappa shape index (κ1) is 12.0. The van der Waals surface area contributed by atoms with Crippen LogP contribution in [-0.2, 0) is 0 Å². The first-order valence-corrected chi connectivity index (χ1v) is 6.66. The summed E-state index contributed by atoms with van der Waals surface area (Å²) in [5.41, 5.74) is 7.56. The van der Waals surface area contributed by atoms with Gasteiger partial charge in [0.2, 0.25) is 0 Å². The maximum Gasteiger partial charge on any atom is 0.163 e. The van der Waals surface area contributed by atoms with Crippen molar-refractivity contribution in [3.8, 4) is 11.4 Å². The summed E-state index contributed by atoms with van der Waals surface area (Å²) in [6.07, 6.45) is 0. The van der Waals surface area contributed by atoms with Gasteiger partial charge in [-0.15, -0.1) is 11.3 Å². The number of nitrogens with two attached hydrogens (primary N) is 1. The molecule has 0 amide bonds. The van der Waals surface area contributed by atoms with Crippen molar-refractivity contribution in [3.63, 3.8) is 0 Å². The van der Waals surface area contributed by atoms with Gasteiger partial charge in [0.15, 0.2) is 5.82 Å². The lowest BCUT2D eigenvalue weighted by atomic mass is 10.1. The van der Waals surface area contributed by atoms with E-state index in [1.54, 1.807) is 17.4 Å². The summed E-state index contributed by atoms with van der Waals surface area (Å²) in [5.74, 6) is 0.613. The van der Waals surface area contributed by atoms with Crippen LogP contribution in [0, 0.1) is 19.7 Å². The van der Waals surface area contributed by atoms with E-state index in [2.05, 4.69) is 9.97 Å². The third-order valence-corrected chi connectivity index (χ3v) is 3.93. The molecule has 0 aliphatic rings. The van der Waals surface area contributed by atoms with Crippen LogP contribution in [0.15, 0.2) is 24.3 Å². The summed E-state index contributed by atoms with van der Waals surface area (Å²) in [6.45, 7) is 3.90. The molecule has 2 aromatic heterocycles. The van der Waals surface area contributed by atoms with Crippen LogP contribution in [0.2, 0.25) is 0 Å². The standard InChI is InChI=1S/C14H12FN3S/c1-7-3-4-9(15)6-10(7)13-17-12(16)11-5-8(2)19-14(11)18-13/h3-6H,1-2H3,(H2,16,17,18). The Morgan fingerprint density at radius 3 is 2.74 bits per heavy atom. The molecule has 0 saturated heterocycles. The number of halogens is 1. The minimum absolute atomic E-state index is 0.301. The van der Waals surface area contributed by atoms with E-state index in [0.29, 0.717) is 17.2 Å². The molecule has 0 unspecified atom stereocenters. The third kappa shape index (κ3) is 2.06. The first-order chi connectivity index (χ1) is 9.04. The average molecular weight is 273 g/mol. The van der Waals surface area contributed by atoms with E-state index in [4.69, 9.17) is 5.73 Å². The van der Waals surface area contributed by atoms with Crippen LogP contribution in [0.4, 0.5) is 10.2 Å². The van der Waals surface area contributed by atoms with Crippen LogP contribution in [0.1, 0.15) is 10.4 Å². The predicted molar refractivity (Wildman–Crippen MR) is 76.7 cm³/mol. The second-order valence-corrected chi connectivity index (χ2v) is 5.70. The molecule has 96 valence electrons. The Balaban J connectivity index is 2.27. The minimum Gasteiger partial charge on any atom is -0.383 e. The Bertz CT molecular complexity index is 780. The van der Waals surface area contributed by atoms with Crippen molar-refractivity contribution in [3.05, 3.63) is 40.5 Å². The molecule has 3 nitrogen and oxygen atoms in total. The number of nitrogen functional groups attached to an aromatic ring is 1. The topological polar surface area (TPSA) is 51.8 Å². The first-order valence-electron chi connectivity index (χ1n) is 5.85. The number of aromatic nitrogens is 2. The summed E-state index contributed by atoms with van der Waals surface area (Å²) < 4.78 is 13.4. The number of nitrogens with zero attached hydrogens (tertiary/aromatic N) is 2. The van der Waals surface area contributed by atoms with Gasteiger partial charge in [-0.1, -0.05) is 6.07 Å². The lowest BCUT2D eigenvalue weighted by Gasteiger charge is -2.06. The third-order valence-electron chi connectivity index (χ3n) is 2.99. The highest BCUT2D eigenvalue weighted by atomic mass is 32.1. The Hall–Kier alpha value is -2.01. The summed E-state index contributed by atoms with van der Waals surface area (Å²) >= 11 is 1.56. The highest BCUT2D eigenvalue weighted by molar-refractivity contribution is 7.18. The van der Waals surface area contributed by atoms with E-state index < -0.39 is 0 Å². The number of aryl methyl sites for hydroxylation is 2. The summed E-state index contributed by atoms with van der Waals surface area (Å²) in [4.78, 5) is 10.7. The fraction of sp³-hybridized carbons (Fsp3) is 0.143. The van der Waals surface area contributed by atoms with Gasteiger partial charge in [0.25, 0.3) is 0 Å². The minimum atomic E-state index is -0.301. The van der Waals surface area contributed by atoms with Gasteiger partial charge in [-0.25, -0.2) is 14.4 Å². The van der Waals surface area contributed by atoms with E-state index in [1.165, 1.54) is 12.1 Å². The van der Waals surface area contributed by atoms with Crippen LogP contribution >= 0.6 is 11.3 Å². The molecule has 0 saturated carbocycles. The molecule has 3 aromatic rings. The largest absolute Gasteiger partial charge is 0.383 e. The van der Waals surface area contributed by atoms with Crippen molar-refractivity contribution < 1.29 is 4.39 Å². The molecule has 0 aliphatic carbocycles. The Labute approximate surface area is 113 Å². The maximum absolute atomic E-state index is 13.4. The summed E-state index contributed by atoms with van der Waals surface area (Å²) in [6, 6.07) is 6.55. The van der Waals surface area contributed by atoms with Crippen molar-refractivity contribution in [1.29, 1.82) is 0 Å². The van der Waals surface area contributed by atoms with Gasteiger partial charge in [0.1, 0.15) is 16.5 Å². The number of thiophene rings is 1. The van der Waals surface area contributed by atoms with E-state index in [0.717, 1.165) is 20.7 Å². The highest BCUT2D eigenvalue weighted by Gasteiger charge is 2.12. The number of rotatable bonds is 1. The fourth-order valence-corrected chi connectivity index (χ4v) is 2.91. The highest BCUT2D eigenvalue weighted by Crippen LogP contribution is 2.30. The predicted octanol–water partition coefficient (Wildman–Crippen LogP) is 3.70. The molecule has 19 heavy (non-hydrogen) atoms. The van der Waals surface area contributed by atoms with Gasteiger partial charge in [-0.05, 0) is 37.6 Å². The number of hydrogen-bond acceptors (Lipinski definition) is 4. The van der Waals surface area contributed by atoms with Crippen LogP contribution in [0.3, 0.4) is 0 Å². The molecule has 0 fully saturated rings. The normalized spacial score (nSPS) is 11.1. The molecule has 5 heteroatoms. The molecule has 0 aliphatic heterocycles. The second-order valence-electron chi connectivity index (χ2n) is 4.47. The molecular formula is C14H12FN3S. The number of fused-ring (bicyclic) bond motifs is 1. The molecule has 2 heterocycles. The van der Waals surface area contributed by atoms with Crippen LogP contribution in [-0.4, -0.2) is 9.97 Å². The van der Waals surface area contributed by atoms with E-state index >= 15 is 0 Å². The van der Waals surface area contributed by atoms with Crippen LogP contribution in [0.5, 0.6) is 0 Å². The van der Waals surface area contributed by atoms with Gasteiger partial charge >= 0.3 is 0 Å². The van der Waals surface area contributed by atoms with Gasteiger partial charge in [-0.3, -0.25) is 0 Å². The molecule has 0 bridgehead atoms. The molecule has 0 spiro atoms. The molecule has 0 atom stereocenters. The van der Waals surface area contributed by atoms with Crippen molar-refractivity contribution in [2.75, 3.05) is 5.73 Å². The number of benzene rings is 1. The number of hydrogen-bond donors (Lipinski definition) is 1. The van der Waals surface area contributed by atoms with Crippen molar-refractivity contribution >= 4 is 27.4 Å². The van der Waals surface area contributed by atoms with Crippen molar-refractivity contribution in [2.24, 2.45) is 0 Å². The molecular weight excluding hydrogens is 261 g/mol. The van der Waals surface area contributed by atoms with Gasteiger partial charge in [0.05, 0.1) is 5.39 Å². The average Bonchev–Trinajstić information content (AvgIpc) is 2.73. The van der Waals surface area contributed by atoms with Crippen molar-refractivity contribution in [2.45, 2.75) is 13.8 Å². The number of anilines is 1. The Morgan fingerprint density at radius 1 is 1.16 bits per heavy atom. The zero-order valence-electron chi connectivity index (χ0n) is 10.6. The lowest BCUT2D eigenvalue weighted by molar-refractivity contribution is 0.628. The fourth-order valence-electron chi connectivity index (χ4n) is 2.02. The Morgan fingerprint density at radius 2 is 1.95 bits per heavy atom. The smallest absolute Gasteiger partial charge is 0.163 e. The molecule has 0 radical (unpaired) electrons.